The number of nitrogens with zero attached hydrogens (tertiary/aromatic N) is 10. The van der Waals surface area contributed by atoms with Gasteiger partial charge in [0.2, 0.25) is 5.13 Å². The number of hydrogen-bond donors (Lipinski definition) is 3. The molecule has 3 unspecified atom stereocenters. The van der Waals surface area contributed by atoms with E-state index in [9.17, 15) is 0 Å². The number of hydrogen-bond acceptors (Lipinski definition) is 15. The fourth-order valence-corrected chi connectivity index (χ4v) is 15.3. The van der Waals surface area contributed by atoms with Gasteiger partial charge in [0.1, 0.15) is 10.8 Å². The average molecular weight is 999 g/mol. The van der Waals surface area contributed by atoms with Gasteiger partial charge >= 0.3 is 235 Å². The molecule has 0 aliphatic heterocycles. The maximum atomic E-state index is 6.81. The van der Waals surface area contributed by atoms with Crippen molar-refractivity contribution in [1.82, 2.24) is 40.3 Å². The van der Waals surface area contributed by atoms with Gasteiger partial charge < -0.3 is 11.1 Å². The summed E-state index contributed by atoms with van der Waals surface area (Å²) in [6.07, 6.45) is 23.7. The first-order valence-electron chi connectivity index (χ1n) is 22.9. The van der Waals surface area contributed by atoms with E-state index < -0.39 is 21.1 Å². The summed E-state index contributed by atoms with van der Waals surface area (Å²) in [4.78, 5) is 28.0. The summed E-state index contributed by atoms with van der Waals surface area (Å²) in [6.45, 7) is 2.13. The van der Waals surface area contributed by atoms with Crippen molar-refractivity contribution >= 4 is 107 Å². The van der Waals surface area contributed by atoms with Crippen molar-refractivity contribution in [3.63, 3.8) is 0 Å². The molecule has 0 aromatic carbocycles. The Hall–Kier alpha value is -4.74. The number of anilines is 2. The van der Waals surface area contributed by atoms with Crippen LogP contribution < -0.4 is 23.5 Å². The molecule has 4 atom stereocenters. The molecule has 0 amide bonds. The summed E-state index contributed by atoms with van der Waals surface area (Å²) in [6, 6.07) is 12.3. The van der Waals surface area contributed by atoms with Gasteiger partial charge in [-0.1, -0.05) is 24.2 Å². The zero-order valence-corrected chi connectivity index (χ0v) is 41.5. The molecule has 64 heavy (non-hydrogen) atoms. The molecule has 13 nitrogen and oxygen atoms in total. The Bertz CT molecular complexity index is 2720. The van der Waals surface area contributed by atoms with Crippen molar-refractivity contribution in [3.8, 4) is 0 Å². The average Bonchev–Trinajstić information content (AvgIpc) is 3.92. The number of fused-ring (bicyclic) bond motifs is 2. The molecule has 3 saturated carbocycles. The number of nitrogens with one attached hydrogen (secondary N) is 1. The molecule has 330 valence electrons. The molecule has 9 rings (SSSR count). The molecule has 3 aliphatic rings. The van der Waals surface area contributed by atoms with E-state index in [2.05, 4.69) is 56.7 Å². The van der Waals surface area contributed by atoms with E-state index in [1.165, 1.54) is 72.2 Å². The number of allylic oxidation sites excluding steroid dienone is 4. The summed E-state index contributed by atoms with van der Waals surface area (Å²) in [5, 5.41) is 24.8. The molecule has 6 aromatic heterocycles. The summed E-state index contributed by atoms with van der Waals surface area (Å²) < 4.78 is 2.31. The van der Waals surface area contributed by atoms with Crippen molar-refractivity contribution in [2.45, 2.75) is 109 Å². The van der Waals surface area contributed by atoms with Crippen LogP contribution in [0.25, 0.3) is 33.2 Å². The molecule has 16 heteroatoms. The minimum absolute atomic E-state index is 0.527. The summed E-state index contributed by atoms with van der Waals surface area (Å²) >= 11 is 2.25. The first kappa shape index (κ1) is 44.5. The van der Waals surface area contributed by atoms with Crippen molar-refractivity contribution in [1.29, 1.82) is 0 Å². The molecule has 3 fully saturated rings. The number of nitrogens with two attached hydrogens (primary N) is 2. The van der Waals surface area contributed by atoms with Gasteiger partial charge in [-0.05, 0) is 31.0 Å². The summed E-state index contributed by atoms with van der Waals surface area (Å²) in [5.74, 6) is 4.19. The Balaban J connectivity index is 0.753. The maximum absolute atomic E-state index is 6.81. The third kappa shape index (κ3) is 10.7. The SMILES string of the molecule is CCCC(N)=C(C=NC)c1cnc2cc[c]([Sn][c]3nnc(C4CCC(CC5C[C@@H]5CCCC(N)=C(C=NC)c5cnc6ccc(Nc7nnc(C8CCCC8)s7)nc6c5)C4)s3)nc2c1. The van der Waals surface area contributed by atoms with Crippen LogP contribution in [-0.4, -0.2) is 88.0 Å². The van der Waals surface area contributed by atoms with Gasteiger partial charge in [-0.2, -0.15) is 0 Å². The third-order valence-electron chi connectivity index (χ3n) is 13.1. The van der Waals surface area contributed by atoms with E-state index in [-0.39, 0.29) is 0 Å². The molecule has 0 bridgehead atoms. The molecule has 5 N–H and O–H groups in total. The van der Waals surface area contributed by atoms with Crippen molar-refractivity contribution in [2.24, 2.45) is 39.2 Å². The fourth-order valence-electron chi connectivity index (χ4n) is 9.67. The van der Waals surface area contributed by atoms with Crippen LogP contribution in [0.4, 0.5) is 10.9 Å². The molecule has 0 saturated heterocycles. The van der Waals surface area contributed by atoms with E-state index in [0.29, 0.717) is 11.8 Å². The second-order valence-electron chi connectivity index (χ2n) is 17.7. The van der Waals surface area contributed by atoms with Crippen molar-refractivity contribution < 1.29 is 0 Å². The van der Waals surface area contributed by atoms with Crippen LogP contribution in [-0.2, 0) is 0 Å². The predicted molar refractivity (Wildman–Crippen MR) is 265 cm³/mol. The van der Waals surface area contributed by atoms with Crippen LogP contribution in [0.15, 0.2) is 70.2 Å². The van der Waals surface area contributed by atoms with Crippen LogP contribution >= 0.6 is 22.7 Å². The normalized spacial score (nSPS) is 21.1. The van der Waals surface area contributed by atoms with Crippen LogP contribution in [0.1, 0.15) is 130 Å². The van der Waals surface area contributed by atoms with Crippen LogP contribution in [0, 0.1) is 17.8 Å². The Labute approximate surface area is 393 Å². The Kier molecular flexibility index (Phi) is 14.3. The minimum atomic E-state index is -1.21. The third-order valence-corrected chi connectivity index (χ3v) is 19.0. The monoisotopic (exact) mass is 999 g/mol. The Morgan fingerprint density at radius 3 is 2.17 bits per heavy atom. The van der Waals surface area contributed by atoms with Gasteiger partial charge in [0.25, 0.3) is 0 Å². The van der Waals surface area contributed by atoms with Crippen LogP contribution in [0.5, 0.6) is 0 Å². The number of aromatic nitrogens is 8. The van der Waals surface area contributed by atoms with E-state index in [1.54, 1.807) is 25.4 Å². The molecular formula is C48H57N13S2Sn. The molecule has 6 heterocycles. The quantitative estimate of drug-likeness (QED) is 0.0552. The molecule has 0 spiro atoms. The Morgan fingerprint density at radius 2 is 1.44 bits per heavy atom. The first-order valence-corrected chi connectivity index (χ1v) is 27.4. The first-order chi connectivity index (χ1) is 31.3. The van der Waals surface area contributed by atoms with Crippen molar-refractivity contribution in [2.75, 3.05) is 19.4 Å². The van der Waals surface area contributed by atoms with Gasteiger partial charge in [-0.3, -0.25) is 9.98 Å². The molecule has 3 aliphatic carbocycles. The second-order valence-corrected chi connectivity index (χ2v) is 24.3. The summed E-state index contributed by atoms with van der Waals surface area (Å²) in [5.41, 5.74) is 22.0. The number of rotatable bonds is 18. The van der Waals surface area contributed by atoms with Gasteiger partial charge in [-0.15, -0.1) is 10.2 Å². The number of pyridine rings is 4. The molecular weight excluding hydrogens is 941 g/mol. The van der Waals surface area contributed by atoms with Gasteiger partial charge in [0, 0.05) is 42.2 Å². The molecule has 6 aromatic rings. The van der Waals surface area contributed by atoms with Crippen molar-refractivity contribution in [3.05, 3.63) is 81.3 Å². The van der Waals surface area contributed by atoms with E-state index in [4.69, 9.17) is 41.6 Å². The standard InChI is InChI=1S/C33H40N9S2.C15H17N4.Sn/c1-35-18-26(27(34)8-4-7-22-15-24(22)14-20-9-10-23(13-20)31-40-37-19-43-31)25-16-29-28(36-17-25)11-12-30(38-29)39-33-42-41-32(44-33)21-5-2-3-6-21;1-3-5-13(16)12(10-17-2)11-8-15-14(19-9-11)6-4-7-18-15;/h11-12,16-18,20-24H,2-10,13-15,34H2,1H3,(H,38,39,42);4,6,8-10H,3,5,16H2,1-2H3;/t20?,22-,23?,24?;;/m0../s1. The zero-order valence-electron chi connectivity index (χ0n) is 37.0. The van der Waals surface area contributed by atoms with E-state index >= 15 is 0 Å². The topological polar surface area (TPSA) is 192 Å². The van der Waals surface area contributed by atoms with Gasteiger partial charge in [0.05, 0.1) is 11.0 Å². The van der Waals surface area contributed by atoms with E-state index in [1.807, 2.05) is 48.3 Å². The fraction of sp³-hybridized carbons (Fsp3) is 0.458. The van der Waals surface area contributed by atoms with Gasteiger partial charge in [-0.25, -0.2) is 4.98 Å². The van der Waals surface area contributed by atoms with Crippen LogP contribution in [0.3, 0.4) is 0 Å². The van der Waals surface area contributed by atoms with Crippen LogP contribution in [0.2, 0.25) is 0 Å². The predicted octanol–water partition coefficient (Wildman–Crippen LogP) is 8.65. The van der Waals surface area contributed by atoms with Gasteiger partial charge in [0.15, 0.2) is 0 Å². The van der Waals surface area contributed by atoms with E-state index in [0.717, 1.165) is 119 Å². The number of aliphatic imine (C=N–C) groups is 2. The zero-order chi connectivity index (χ0) is 44.0. The molecule has 2 radical (unpaired) electrons. The summed E-state index contributed by atoms with van der Waals surface area (Å²) in [7, 11) is 3.56. The second kappa shape index (κ2) is 20.6. The Morgan fingerprint density at radius 1 is 0.750 bits per heavy atom.